The Morgan fingerprint density at radius 1 is 0.921 bits per heavy atom. The third-order valence-corrected chi connectivity index (χ3v) is 6.00. The van der Waals surface area contributed by atoms with Crippen LogP contribution in [-0.4, -0.2) is 22.0 Å². The largest absolute Gasteiger partial charge is 0.422 e. The molecule has 0 heterocycles. The first-order chi connectivity index (χ1) is 17.7. The number of halogens is 7. The van der Waals surface area contributed by atoms with Crippen molar-refractivity contribution in [2.75, 3.05) is 10.6 Å². The van der Waals surface area contributed by atoms with Crippen LogP contribution in [0, 0.1) is 33.4 Å². The minimum atomic E-state index is -5.72. The van der Waals surface area contributed by atoms with E-state index in [0.29, 0.717) is 4.90 Å². The fourth-order valence-corrected chi connectivity index (χ4v) is 3.98. The van der Waals surface area contributed by atoms with Crippen LogP contribution in [0.1, 0.15) is 22.8 Å². The monoisotopic (exact) mass is 561 g/mol. The fourth-order valence-electron chi connectivity index (χ4n) is 3.06. The standard InChI is InChI=1S/C23H14F7N3O4S/c1-10(21(34)32-20-18(26)16(24)15(23(28,29)30)17(25)19(20)27)38-14-4-2-3-12(9-14)31-22(35)11-5-7-13(8-6-11)33(36)37/h2-10H,1H3,(H,31,35)(H,32,34). The molecular formula is C23H14F7N3O4S. The van der Waals surface area contributed by atoms with Gasteiger partial charge >= 0.3 is 6.18 Å². The van der Waals surface area contributed by atoms with Crippen molar-refractivity contribution in [3.63, 3.8) is 0 Å². The lowest BCUT2D eigenvalue weighted by molar-refractivity contribution is -0.384. The highest BCUT2D eigenvalue weighted by atomic mass is 32.2. The zero-order chi connectivity index (χ0) is 28.4. The number of anilines is 2. The molecule has 2 amide bonds. The molecule has 0 spiro atoms. The van der Waals surface area contributed by atoms with E-state index in [-0.39, 0.29) is 16.9 Å². The summed E-state index contributed by atoms with van der Waals surface area (Å²) in [6, 6.07) is 10.6. The minimum absolute atomic E-state index is 0.112. The van der Waals surface area contributed by atoms with Gasteiger partial charge in [-0.25, -0.2) is 17.6 Å². The number of nitrogens with zero attached hydrogens (tertiary/aromatic N) is 1. The molecule has 0 radical (unpaired) electrons. The molecule has 0 aliphatic carbocycles. The first-order valence-electron chi connectivity index (χ1n) is 10.3. The number of nitro groups is 1. The van der Waals surface area contributed by atoms with Crippen molar-refractivity contribution in [2.24, 2.45) is 0 Å². The van der Waals surface area contributed by atoms with Crippen LogP contribution in [0.3, 0.4) is 0 Å². The summed E-state index contributed by atoms with van der Waals surface area (Å²) in [5, 5.41) is 13.6. The van der Waals surface area contributed by atoms with Gasteiger partial charge in [0, 0.05) is 28.3 Å². The summed E-state index contributed by atoms with van der Waals surface area (Å²) in [5.74, 6) is -12.0. The van der Waals surface area contributed by atoms with Gasteiger partial charge in [0.2, 0.25) is 5.91 Å². The molecule has 0 bridgehead atoms. The van der Waals surface area contributed by atoms with Crippen molar-refractivity contribution < 1.29 is 45.2 Å². The van der Waals surface area contributed by atoms with Gasteiger partial charge in [-0.3, -0.25) is 19.7 Å². The number of hydrogen-bond donors (Lipinski definition) is 2. The van der Waals surface area contributed by atoms with Crippen molar-refractivity contribution >= 4 is 40.6 Å². The number of hydrogen-bond acceptors (Lipinski definition) is 5. The highest BCUT2D eigenvalue weighted by molar-refractivity contribution is 8.00. The summed E-state index contributed by atoms with van der Waals surface area (Å²) in [6.07, 6.45) is -5.72. The zero-order valence-corrected chi connectivity index (χ0v) is 19.6. The number of carbonyl (C=O) groups excluding carboxylic acids is 2. The van der Waals surface area contributed by atoms with E-state index in [4.69, 9.17) is 0 Å². The maximum absolute atomic E-state index is 14.1. The van der Waals surface area contributed by atoms with E-state index >= 15 is 0 Å². The topological polar surface area (TPSA) is 101 Å². The van der Waals surface area contributed by atoms with E-state index in [9.17, 15) is 50.4 Å². The normalized spacial score (nSPS) is 12.1. The summed E-state index contributed by atoms with van der Waals surface area (Å²) in [4.78, 5) is 35.2. The zero-order valence-electron chi connectivity index (χ0n) is 18.8. The van der Waals surface area contributed by atoms with Gasteiger partial charge in [0.1, 0.15) is 11.3 Å². The highest BCUT2D eigenvalue weighted by Crippen LogP contribution is 2.38. The van der Waals surface area contributed by atoms with E-state index in [2.05, 4.69) is 5.32 Å². The second kappa shape index (κ2) is 11.1. The number of non-ortho nitro benzene ring substituents is 1. The first-order valence-corrected chi connectivity index (χ1v) is 11.1. The Hall–Kier alpha value is -4.14. The Kier molecular flexibility index (Phi) is 8.29. The van der Waals surface area contributed by atoms with Crippen molar-refractivity contribution in [1.82, 2.24) is 0 Å². The third-order valence-electron chi connectivity index (χ3n) is 4.91. The molecule has 0 fully saturated rings. The first kappa shape index (κ1) is 28.4. The SMILES string of the molecule is CC(Sc1cccc(NC(=O)c2ccc([N+](=O)[O-])cc2)c1)C(=O)Nc1c(F)c(F)c(C(F)(F)F)c(F)c1F. The molecule has 3 rings (SSSR count). The lowest BCUT2D eigenvalue weighted by Gasteiger charge is -2.16. The lowest BCUT2D eigenvalue weighted by atomic mass is 10.1. The molecule has 2 N–H and O–H groups in total. The van der Waals surface area contributed by atoms with E-state index in [0.717, 1.165) is 23.9 Å². The number of amides is 2. The van der Waals surface area contributed by atoms with Crippen LogP contribution in [0.5, 0.6) is 0 Å². The quantitative estimate of drug-likeness (QED) is 0.112. The number of nitrogens with one attached hydrogen (secondary N) is 2. The molecule has 0 aliphatic heterocycles. The van der Waals surface area contributed by atoms with Gasteiger partial charge in [-0.05, 0) is 37.3 Å². The van der Waals surface area contributed by atoms with Gasteiger partial charge in [0.05, 0.1) is 10.2 Å². The number of carbonyl (C=O) groups is 2. The average Bonchev–Trinajstić information content (AvgIpc) is 2.84. The van der Waals surface area contributed by atoms with E-state index in [1.807, 2.05) is 0 Å². The van der Waals surface area contributed by atoms with E-state index in [1.54, 1.807) is 5.32 Å². The second-order valence-corrected chi connectivity index (χ2v) is 8.95. The van der Waals surface area contributed by atoms with Crippen molar-refractivity contribution in [1.29, 1.82) is 0 Å². The molecule has 1 unspecified atom stereocenters. The minimum Gasteiger partial charge on any atom is -0.322 e. The molecule has 1 atom stereocenters. The number of nitro benzene ring substituents is 1. The van der Waals surface area contributed by atoms with Crippen molar-refractivity contribution in [3.05, 3.63) is 93.0 Å². The number of thioether (sulfide) groups is 1. The van der Waals surface area contributed by atoms with Crippen LogP contribution in [0.15, 0.2) is 53.4 Å². The maximum Gasteiger partial charge on any atom is 0.422 e. The predicted octanol–water partition coefficient (Wildman–Crippen LogP) is 6.54. The summed E-state index contributed by atoms with van der Waals surface area (Å²) in [7, 11) is 0. The molecule has 0 saturated heterocycles. The fraction of sp³-hybridized carbons (Fsp3) is 0.130. The summed E-state index contributed by atoms with van der Waals surface area (Å²) in [5.41, 5.74) is -4.33. The Morgan fingerprint density at radius 3 is 2.03 bits per heavy atom. The second-order valence-electron chi connectivity index (χ2n) is 7.54. The summed E-state index contributed by atoms with van der Waals surface area (Å²) in [6.45, 7) is 1.24. The number of alkyl halides is 3. The maximum atomic E-state index is 14.1. The van der Waals surface area contributed by atoms with Crippen LogP contribution < -0.4 is 10.6 Å². The van der Waals surface area contributed by atoms with Gasteiger partial charge in [-0.1, -0.05) is 6.07 Å². The third kappa shape index (κ3) is 6.22. The lowest BCUT2D eigenvalue weighted by Crippen LogP contribution is -2.25. The smallest absolute Gasteiger partial charge is 0.322 e. The molecule has 15 heteroatoms. The van der Waals surface area contributed by atoms with Crippen LogP contribution in [0.25, 0.3) is 0 Å². The predicted molar refractivity (Wildman–Crippen MR) is 123 cm³/mol. The van der Waals surface area contributed by atoms with E-state index < -0.39 is 62.7 Å². The Morgan fingerprint density at radius 2 is 1.50 bits per heavy atom. The van der Waals surface area contributed by atoms with Crippen LogP contribution >= 0.6 is 11.8 Å². The molecule has 200 valence electrons. The average molecular weight is 561 g/mol. The molecule has 0 aromatic heterocycles. The van der Waals surface area contributed by atoms with Crippen molar-refractivity contribution in [2.45, 2.75) is 23.2 Å². The highest BCUT2D eigenvalue weighted by Gasteiger charge is 2.42. The molecule has 7 nitrogen and oxygen atoms in total. The van der Waals surface area contributed by atoms with Crippen LogP contribution in [0.2, 0.25) is 0 Å². The van der Waals surface area contributed by atoms with Crippen LogP contribution in [0.4, 0.5) is 47.8 Å². The van der Waals surface area contributed by atoms with Gasteiger partial charge in [-0.15, -0.1) is 11.8 Å². The summed E-state index contributed by atoms with van der Waals surface area (Å²) < 4.78 is 94.0. The molecule has 3 aromatic rings. The van der Waals surface area contributed by atoms with Gasteiger partial charge in [-0.2, -0.15) is 13.2 Å². The van der Waals surface area contributed by atoms with Gasteiger partial charge < -0.3 is 10.6 Å². The number of benzene rings is 3. The molecule has 0 saturated carbocycles. The Labute approximate surface area is 213 Å². The van der Waals surface area contributed by atoms with Crippen LogP contribution in [-0.2, 0) is 11.0 Å². The van der Waals surface area contributed by atoms with Gasteiger partial charge in [0.15, 0.2) is 23.3 Å². The molecular weight excluding hydrogens is 547 g/mol. The molecule has 3 aromatic carbocycles. The molecule has 38 heavy (non-hydrogen) atoms. The van der Waals surface area contributed by atoms with Crippen molar-refractivity contribution in [3.8, 4) is 0 Å². The molecule has 0 aliphatic rings. The number of rotatable bonds is 7. The van der Waals surface area contributed by atoms with Gasteiger partial charge in [0.25, 0.3) is 11.6 Å². The Bertz CT molecular complexity index is 1390. The van der Waals surface area contributed by atoms with E-state index in [1.165, 1.54) is 43.3 Å². The summed E-state index contributed by atoms with van der Waals surface area (Å²) >= 11 is 0.790. The Balaban J connectivity index is 1.72.